The zero-order valence-electron chi connectivity index (χ0n) is 14.6. The number of guanidine groups is 1. The summed E-state index contributed by atoms with van der Waals surface area (Å²) < 4.78 is 5.67. The molecule has 0 spiro atoms. The van der Waals surface area contributed by atoms with Crippen LogP contribution in [-0.4, -0.2) is 36.4 Å². The monoisotopic (exact) mass is 331 g/mol. The maximum Gasteiger partial charge on any atom is 0.191 e. The summed E-state index contributed by atoms with van der Waals surface area (Å²) in [5, 5.41) is 17.0. The lowest BCUT2D eigenvalue weighted by molar-refractivity contribution is 0.0522. The molecular formula is C19H29N3O2. The highest BCUT2D eigenvalue weighted by molar-refractivity contribution is 5.79. The number of aliphatic hydroxyl groups is 1. The van der Waals surface area contributed by atoms with E-state index in [0.717, 1.165) is 49.5 Å². The van der Waals surface area contributed by atoms with Crippen LogP contribution in [0.25, 0.3) is 0 Å². The Morgan fingerprint density at radius 3 is 2.79 bits per heavy atom. The number of benzene rings is 1. The molecule has 0 saturated heterocycles. The highest BCUT2D eigenvalue weighted by Gasteiger charge is 2.30. The summed E-state index contributed by atoms with van der Waals surface area (Å²) in [4.78, 5) is 4.62. The molecule has 24 heavy (non-hydrogen) atoms. The number of ether oxygens (including phenoxy) is 1. The number of nitrogens with one attached hydrogen (secondary N) is 2. The van der Waals surface area contributed by atoms with Crippen molar-refractivity contribution >= 4 is 5.96 Å². The second kappa shape index (κ2) is 9.33. The Balaban J connectivity index is 1.98. The molecule has 1 aliphatic rings. The zero-order chi connectivity index (χ0) is 17.3. The third kappa shape index (κ3) is 5.57. The van der Waals surface area contributed by atoms with Gasteiger partial charge in [-0.05, 0) is 25.8 Å². The van der Waals surface area contributed by atoms with Gasteiger partial charge < -0.3 is 20.5 Å². The molecule has 1 aromatic carbocycles. The van der Waals surface area contributed by atoms with Gasteiger partial charge in [-0.25, -0.2) is 4.99 Å². The van der Waals surface area contributed by atoms with Gasteiger partial charge in [-0.1, -0.05) is 43.7 Å². The number of hydrogen-bond acceptors (Lipinski definition) is 3. The predicted molar refractivity (Wildman–Crippen MR) is 98.4 cm³/mol. The minimum Gasteiger partial charge on any atom is -0.489 e. The summed E-state index contributed by atoms with van der Waals surface area (Å²) in [5.74, 6) is 1.54. The lowest BCUT2D eigenvalue weighted by Crippen LogP contribution is -2.46. The average Bonchev–Trinajstić information content (AvgIpc) is 3.03. The van der Waals surface area contributed by atoms with Gasteiger partial charge in [0.05, 0.1) is 12.1 Å². The van der Waals surface area contributed by atoms with Crippen molar-refractivity contribution in [2.45, 2.75) is 44.8 Å². The number of rotatable bonds is 8. The van der Waals surface area contributed by atoms with E-state index in [0.29, 0.717) is 19.7 Å². The fourth-order valence-corrected chi connectivity index (χ4v) is 2.89. The molecule has 0 radical (unpaired) electrons. The normalized spacial score (nSPS) is 16.7. The summed E-state index contributed by atoms with van der Waals surface area (Å²) in [6, 6.07) is 7.88. The van der Waals surface area contributed by atoms with Gasteiger partial charge in [0.15, 0.2) is 5.96 Å². The van der Waals surface area contributed by atoms with Crippen LogP contribution in [0.5, 0.6) is 5.75 Å². The SMILES string of the molecule is C=CCOc1ccccc1CN=C(NCC)NCC1(O)CCCC1. The first kappa shape index (κ1) is 18.3. The molecule has 1 aliphatic carbocycles. The third-order valence-corrected chi connectivity index (χ3v) is 4.20. The Labute approximate surface area is 144 Å². The summed E-state index contributed by atoms with van der Waals surface area (Å²) in [5.41, 5.74) is 0.428. The predicted octanol–water partition coefficient (Wildman–Crippen LogP) is 2.61. The van der Waals surface area contributed by atoms with Crippen LogP contribution >= 0.6 is 0 Å². The summed E-state index contributed by atoms with van der Waals surface area (Å²) in [7, 11) is 0. The fourth-order valence-electron chi connectivity index (χ4n) is 2.89. The molecule has 2 rings (SSSR count). The molecule has 1 fully saturated rings. The van der Waals surface area contributed by atoms with E-state index in [1.54, 1.807) is 6.08 Å². The Bertz CT molecular complexity index is 551. The first-order valence-corrected chi connectivity index (χ1v) is 8.73. The van der Waals surface area contributed by atoms with E-state index < -0.39 is 5.60 Å². The molecule has 1 aromatic rings. The topological polar surface area (TPSA) is 65.9 Å². The van der Waals surface area contributed by atoms with Crippen LogP contribution in [0.4, 0.5) is 0 Å². The van der Waals surface area contributed by atoms with E-state index in [-0.39, 0.29) is 0 Å². The van der Waals surface area contributed by atoms with E-state index in [4.69, 9.17) is 4.74 Å². The van der Waals surface area contributed by atoms with Gasteiger partial charge in [-0.15, -0.1) is 0 Å². The number of nitrogens with zero attached hydrogens (tertiary/aromatic N) is 1. The van der Waals surface area contributed by atoms with Gasteiger partial charge in [-0.2, -0.15) is 0 Å². The Hall–Kier alpha value is -2.01. The number of aliphatic imine (C=N–C) groups is 1. The van der Waals surface area contributed by atoms with Crippen LogP contribution < -0.4 is 15.4 Å². The van der Waals surface area contributed by atoms with E-state index >= 15 is 0 Å². The Morgan fingerprint density at radius 1 is 1.33 bits per heavy atom. The first-order chi connectivity index (χ1) is 11.7. The average molecular weight is 331 g/mol. The maximum absolute atomic E-state index is 10.5. The maximum atomic E-state index is 10.5. The van der Waals surface area contributed by atoms with Crippen molar-refractivity contribution in [1.29, 1.82) is 0 Å². The molecule has 5 nitrogen and oxygen atoms in total. The number of hydrogen-bond donors (Lipinski definition) is 3. The zero-order valence-corrected chi connectivity index (χ0v) is 14.6. The summed E-state index contributed by atoms with van der Waals surface area (Å²) >= 11 is 0. The molecule has 0 heterocycles. The quantitative estimate of drug-likeness (QED) is 0.389. The van der Waals surface area contributed by atoms with Crippen LogP contribution in [0.1, 0.15) is 38.2 Å². The molecule has 0 aliphatic heterocycles. The minimum absolute atomic E-state index is 0.478. The van der Waals surface area contributed by atoms with Crippen molar-refractivity contribution in [1.82, 2.24) is 10.6 Å². The second-order valence-corrected chi connectivity index (χ2v) is 6.19. The van der Waals surface area contributed by atoms with E-state index in [1.165, 1.54) is 0 Å². The van der Waals surface area contributed by atoms with Crippen LogP contribution in [0.3, 0.4) is 0 Å². The van der Waals surface area contributed by atoms with E-state index in [9.17, 15) is 5.11 Å². The van der Waals surface area contributed by atoms with Crippen LogP contribution in [0, 0.1) is 0 Å². The van der Waals surface area contributed by atoms with Crippen molar-refractivity contribution in [2.75, 3.05) is 19.7 Å². The first-order valence-electron chi connectivity index (χ1n) is 8.73. The van der Waals surface area contributed by atoms with Gasteiger partial charge >= 0.3 is 0 Å². The van der Waals surface area contributed by atoms with Crippen molar-refractivity contribution in [3.63, 3.8) is 0 Å². The molecule has 5 heteroatoms. The fraction of sp³-hybridized carbons (Fsp3) is 0.526. The molecule has 0 unspecified atom stereocenters. The highest BCUT2D eigenvalue weighted by Crippen LogP contribution is 2.28. The van der Waals surface area contributed by atoms with Crippen LogP contribution in [0.15, 0.2) is 41.9 Å². The van der Waals surface area contributed by atoms with Gasteiger partial charge in [0.1, 0.15) is 12.4 Å². The standard InChI is InChI=1S/C19H29N3O2/c1-3-13-24-17-10-6-5-9-16(17)14-21-18(20-4-2)22-15-19(23)11-7-8-12-19/h3,5-6,9-10,23H,1,4,7-8,11-15H2,2H3,(H2,20,21,22). The van der Waals surface area contributed by atoms with Crippen molar-refractivity contribution in [3.8, 4) is 5.75 Å². The van der Waals surface area contributed by atoms with E-state index in [2.05, 4.69) is 22.2 Å². The number of para-hydroxylation sites is 1. The van der Waals surface area contributed by atoms with Crippen molar-refractivity contribution in [2.24, 2.45) is 4.99 Å². The molecule has 0 aromatic heterocycles. The van der Waals surface area contributed by atoms with Crippen LogP contribution in [-0.2, 0) is 6.54 Å². The summed E-state index contributed by atoms with van der Waals surface area (Å²) in [6.45, 7) is 8.01. The van der Waals surface area contributed by atoms with E-state index in [1.807, 2.05) is 31.2 Å². The van der Waals surface area contributed by atoms with Gasteiger partial charge in [0, 0.05) is 18.7 Å². The molecule has 3 N–H and O–H groups in total. The molecule has 1 saturated carbocycles. The smallest absolute Gasteiger partial charge is 0.191 e. The second-order valence-electron chi connectivity index (χ2n) is 6.19. The minimum atomic E-state index is -0.596. The lowest BCUT2D eigenvalue weighted by Gasteiger charge is -2.23. The molecule has 132 valence electrons. The molecule has 0 bridgehead atoms. The Morgan fingerprint density at radius 2 is 2.08 bits per heavy atom. The molecule has 0 atom stereocenters. The third-order valence-electron chi connectivity index (χ3n) is 4.20. The van der Waals surface area contributed by atoms with Gasteiger partial charge in [-0.3, -0.25) is 0 Å². The van der Waals surface area contributed by atoms with Crippen LogP contribution in [0.2, 0.25) is 0 Å². The lowest BCUT2D eigenvalue weighted by atomic mass is 10.0. The van der Waals surface area contributed by atoms with Gasteiger partial charge in [0.25, 0.3) is 0 Å². The Kier molecular flexibility index (Phi) is 7.12. The highest BCUT2D eigenvalue weighted by atomic mass is 16.5. The van der Waals surface area contributed by atoms with Crippen molar-refractivity contribution in [3.05, 3.63) is 42.5 Å². The largest absolute Gasteiger partial charge is 0.489 e. The van der Waals surface area contributed by atoms with Gasteiger partial charge in [0.2, 0.25) is 0 Å². The molecular weight excluding hydrogens is 302 g/mol. The van der Waals surface area contributed by atoms with Crippen molar-refractivity contribution < 1.29 is 9.84 Å². The molecule has 0 amide bonds. The summed E-state index contributed by atoms with van der Waals surface area (Å²) in [6.07, 6.45) is 5.64.